The van der Waals surface area contributed by atoms with Gasteiger partial charge in [0.25, 0.3) is 0 Å². The van der Waals surface area contributed by atoms with Crippen molar-refractivity contribution in [3.63, 3.8) is 0 Å². The fourth-order valence-electron chi connectivity index (χ4n) is 4.85. The number of aromatic amines is 2. The van der Waals surface area contributed by atoms with Crippen LogP contribution in [0.1, 0.15) is 18.3 Å². The van der Waals surface area contributed by atoms with Crippen LogP contribution in [-0.4, -0.2) is 57.3 Å². The van der Waals surface area contributed by atoms with Gasteiger partial charge in [-0.2, -0.15) is 5.26 Å². The first-order valence-electron chi connectivity index (χ1n) is 13.0. The maximum Gasteiger partial charge on any atom is 0.324 e. The summed E-state index contributed by atoms with van der Waals surface area (Å²) in [6.45, 7) is 4.99. The minimum atomic E-state index is -0.364. The van der Waals surface area contributed by atoms with Gasteiger partial charge in [-0.1, -0.05) is 19.1 Å². The molecule has 4 aromatic heterocycles. The number of fused-ring (bicyclic) bond motifs is 1. The first kappa shape index (κ1) is 25.1. The number of pyridine rings is 1. The van der Waals surface area contributed by atoms with Crippen LogP contribution in [0.5, 0.6) is 0 Å². The molecule has 0 bridgehead atoms. The molecular weight excluding hydrogens is 506 g/mol. The van der Waals surface area contributed by atoms with Crippen LogP contribution in [0.15, 0.2) is 61.1 Å². The predicted molar refractivity (Wildman–Crippen MR) is 153 cm³/mol. The molecule has 1 fully saturated rings. The zero-order valence-electron chi connectivity index (χ0n) is 21.9. The third-order valence-corrected chi connectivity index (χ3v) is 6.86. The van der Waals surface area contributed by atoms with Crippen molar-refractivity contribution in [2.45, 2.75) is 13.3 Å². The number of H-pyrrole nitrogens is 2. The number of urea groups is 1. The zero-order chi connectivity index (χ0) is 27.5. The van der Waals surface area contributed by atoms with Crippen molar-refractivity contribution in [3.05, 3.63) is 72.4 Å². The van der Waals surface area contributed by atoms with Crippen molar-refractivity contribution < 1.29 is 9.53 Å². The summed E-state index contributed by atoms with van der Waals surface area (Å²) in [6, 6.07) is 16.7. The van der Waals surface area contributed by atoms with Crippen LogP contribution in [0.2, 0.25) is 0 Å². The Balaban J connectivity index is 1.14. The maximum atomic E-state index is 12.7. The molecule has 1 aromatic carbocycles. The quantitative estimate of drug-likeness (QED) is 0.242. The number of aryl methyl sites for hydroxylation is 1. The minimum absolute atomic E-state index is 0.358. The van der Waals surface area contributed by atoms with Gasteiger partial charge in [-0.25, -0.2) is 19.7 Å². The number of ether oxygens (including phenoxy) is 1. The van der Waals surface area contributed by atoms with Gasteiger partial charge in [0.15, 0.2) is 0 Å². The Morgan fingerprint density at radius 3 is 2.55 bits per heavy atom. The van der Waals surface area contributed by atoms with Gasteiger partial charge in [0.1, 0.15) is 35.4 Å². The molecule has 0 atom stereocenters. The van der Waals surface area contributed by atoms with Gasteiger partial charge in [0, 0.05) is 47.5 Å². The molecule has 0 unspecified atom stereocenters. The number of benzene rings is 1. The molecular formula is C29H27N9O2. The SMILES string of the molecule is CCc1[nH]c(NC(=O)Nc2ccc(-c3cc4c(N5CCOCC5)ncnc4[nH]3)cc2)cc1-c1ccc(C#N)nc1. The Morgan fingerprint density at radius 2 is 1.82 bits per heavy atom. The highest BCUT2D eigenvalue weighted by Gasteiger charge is 2.18. The van der Waals surface area contributed by atoms with Gasteiger partial charge in [-0.3, -0.25) is 5.32 Å². The first-order chi connectivity index (χ1) is 19.6. The van der Waals surface area contributed by atoms with Gasteiger partial charge >= 0.3 is 6.03 Å². The van der Waals surface area contributed by atoms with E-state index in [1.807, 2.05) is 49.4 Å². The molecule has 5 heterocycles. The Bertz CT molecular complexity index is 1690. The molecule has 0 spiro atoms. The summed E-state index contributed by atoms with van der Waals surface area (Å²) < 4.78 is 5.48. The van der Waals surface area contributed by atoms with E-state index in [0.29, 0.717) is 30.4 Å². The molecule has 2 amide bonds. The fourth-order valence-corrected chi connectivity index (χ4v) is 4.85. The Morgan fingerprint density at radius 1 is 1.02 bits per heavy atom. The molecule has 0 radical (unpaired) electrons. The van der Waals surface area contributed by atoms with E-state index in [-0.39, 0.29) is 6.03 Å². The van der Waals surface area contributed by atoms with Crippen molar-refractivity contribution in [1.29, 1.82) is 5.26 Å². The minimum Gasteiger partial charge on any atom is -0.378 e. The van der Waals surface area contributed by atoms with Gasteiger partial charge in [0.05, 0.1) is 18.6 Å². The molecule has 4 N–H and O–H groups in total. The Kier molecular flexibility index (Phi) is 6.82. The average molecular weight is 534 g/mol. The summed E-state index contributed by atoms with van der Waals surface area (Å²) in [5, 5.41) is 15.7. The maximum absolute atomic E-state index is 12.7. The molecule has 11 nitrogen and oxygen atoms in total. The number of nitrogens with one attached hydrogen (secondary N) is 4. The Labute approximate surface area is 230 Å². The molecule has 200 valence electrons. The lowest BCUT2D eigenvalue weighted by atomic mass is 10.1. The number of rotatable bonds is 6. The fraction of sp³-hybridized carbons (Fsp3) is 0.207. The van der Waals surface area contributed by atoms with E-state index in [4.69, 9.17) is 10.00 Å². The van der Waals surface area contributed by atoms with Crippen molar-refractivity contribution >= 4 is 34.4 Å². The first-order valence-corrected chi connectivity index (χ1v) is 13.0. The van der Waals surface area contributed by atoms with E-state index >= 15 is 0 Å². The number of morpholine rings is 1. The van der Waals surface area contributed by atoms with Gasteiger partial charge in [-0.15, -0.1) is 0 Å². The molecule has 40 heavy (non-hydrogen) atoms. The molecule has 5 aromatic rings. The molecule has 1 aliphatic rings. The number of nitriles is 1. The standard InChI is InChI=1S/C29H27N9O2/c1-2-24-22(19-5-8-21(15-30)31-16-19)14-26(35-24)37-29(39)34-20-6-3-18(4-7-20)25-13-23-27(36-25)32-17-33-28(23)38-9-11-40-12-10-38/h3-8,13-14,16-17,35H,2,9-12H2,1H3,(H,32,33,36)(H2,34,37,39). The number of carbonyl (C=O) groups excluding carboxylic acids is 1. The van der Waals surface area contributed by atoms with Crippen molar-refractivity contribution in [1.82, 2.24) is 24.9 Å². The summed E-state index contributed by atoms with van der Waals surface area (Å²) in [4.78, 5) is 34.7. The normalized spacial score (nSPS) is 13.2. The summed E-state index contributed by atoms with van der Waals surface area (Å²) in [6.07, 6.45) is 3.99. The lowest BCUT2D eigenvalue weighted by Crippen LogP contribution is -2.36. The van der Waals surface area contributed by atoms with E-state index in [2.05, 4.69) is 46.5 Å². The largest absolute Gasteiger partial charge is 0.378 e. The summed E-state index contributed by atoms with van der Waals surface area (Å²) >= 11 is 0. The lowest BCUT2D eigenvalue weighted by molar-refractivity contribution is 0.122. The molecule has 0 saturated carbocycles. The van der Waals surface area contributed by atoms with Crippen LogP contribution in [0.4, 0.5) is 22.1 Å². The second-order valence-electron chi connectivity index (χ2n) is 9.37. The number of anilines is 3. The smallest absolute Gasteiger partial charge is 0.324 e. The number of hydrogen-bond donors (Lipinski definition) is 4. The molecule has 6 rings (SSSR count). The predicted octanol–water partition coefficient (Wildman–Crippen LogP) is 4.93. The van der Waals surface area contributed by atoms with Crippen molar-refractivity contribution in [2.24, 2.45) is 0 Å². The zero-order valence-corrected chi connectivity index (χ0v) is 21.9. The number of aromatic nitrogens is 5. The Hall–Kier alpha value is -5.21. The second-order valence-corrected chi connectivity index (χ2v) is 9.37. The topological polar surface area (TPSA) is 148 Å². The monoisotopic (exact) mass is 533 g/mol. The van der Waals surface area contributed by atoms with Gasteiger partial charge < -0.3 is 24.9 Å². The van der Waals surface area contributed by atoms with E-state index in [0.717, 1.165) is 64.4 Å². The average Bonchev–Trinajstić information content (AvgIpc) is 3.62. The number of hydrogen-bond acceptors (Lipinski definition) is 7. The lowest BCUT2D eigenvalue weighted by Gasteiger charge is -2.27. The highest BCUT2D eigenvalue weighted by molar-refractivity contribution is 6.00. The third kappa shape index (κ3) is 5.08. The van der Waals surface area contributed by atoms with Crippen LogP contribution in [0, 0.1) is 11.3 Å². The van der Waals surface area contributed by atoms with E-state index < -0.39 is 0 Å². The van der Waals surface area contributed by atoms with Gasteiger partial charge in [-0.05, 0) is 48.4 Å². The van der Waals surface area contributed by atoms with Crippen LogP contribution in [0.3, 0.4) is 0 Å². The van der Waals surface area contributed by atoms with E-state index in [1.54, 1.807) is 18.6 Å². The number of amides is 2. The van der Waals surface area contributed by atoms with Crippen molar-refractivity contribution in [2.75, 3.05) is 41.8 Å². The molecule has 0 aliphatic carbocycles. The van der Waals surface area contributed by atoms with Crippen molar-refractivity contribution in [3.8, 4) is 28.5 Å². The second kappa shape index (κ2) is 10.9. The highest BCUT2D eigenvalue weighted by atomic mass is 16.5. The summed E-state index contributed by atoms with van der Waals surface area (Å²) in [7, 11) is 0. The molecule has 1 aliphatic heterocycles. The third-order valence-electron chi connectivity index (χ3n) is 6.86. The molecule has 1 saturated heterocycles. The van der Waals surface area contributed by atoms with Gasteiger partial charge in [0.2, 0.25) is 0 Å². The summed E-state index contributed by atoms with van der Waals surface area (Å²) in [5.41, 5.74) is 6.45. The summed E-state index contributed by atoms with van der Waals surface area (Å²) in [5.74, 6) is 1.47. The number of nitrogens with zero attached hydrogens (tertiary/aromatic N) is 5. The van der Waals surface area contributed by atoms with E-state index in [9.17, 15) is 4.79 Å². The van der Waals surface area contributed by atoms with Crippen LogP contribution in [0.25, 0.3) is 33.4 Å². The number of carbonyl (C=O) groups is 1. The van der Waals surface area contributed by atoms with E-state index in [1.165, 1.54) is 0 Å². The molecule has 11 heteroatoms. The highest BCUT2D eigenvalue weighted by Crippen LogP contribution is 2.30. The van der Waals surface area contributed by atoms with Crippen LogP contribution >= 0.6 is 0 Å². The van der Waals surface area contributed by atoms with Crippen LogP contribution in [-0.2, 0) is 11.2 Å². The van der Waals surface area contributed by atoms with Crippen LogP contribution < -0.4 is 15.5 Å².